The third-order valence-electron chi connectivity index (χ3n) is 4.19. The number of nitrogens with zero attached hydrogens (tertiary/aromatic N) is 1. The largest absolute Gasteiger partial charge is 0.319 e. The van der Waals surface area contributed by atoms with Crippen LogP contribution in [0.2, 0.25) is 0 Å². The molecule has 0 aliphatic heterocycles. The normalized spacial score (nSPS) is 18.1. The topological polar surface area (TPSA) is 38.9 Å². The van der Waals surface area contributed by atoms with Crippen molar-refractivity contribution in [2.75, 3.05) is 0 Å². The molecule has 1 heterocycles. The molecule has 1 aliphatic carbocycles. The van der Waals surface area contributed by atoms with E-state index in [1.807, 2.05) is 0 Å². The lowest BCUT2D eigenvalue weighted by molar-refractivity contribution is 0.301. The quantitative estimate of drug-likeness (QED) is 0.880. The summed E-state index contributed by atoms with van der Waals surface area (Å²) in [5.74, 6) is 0. The Bertz CT molecular complexity index is 589. The third kappa shape index (κ3) is 2.65. The fourth-order valence-corrected chi connectivity index (χ4v) is 4.16. The van der Waals surface area contributed by atoms with Crippen LogP contribution >= 0.6 is 11.3 Å². The molecule has 1 aromatic carbocycles. The molecule has 1 fully saturated rings. The van der Waals surface area contributed by atoms with Gasteiger partial charge < -0.3 is 5.73 Å². The van der Waals surface area contributed by atoms with Gasteiger partial charge in [-0.1, -0.05) is 36.5 Å². The summed E-state index contributed by atoms with van der Waals surface area (Å²) in [6.45, 7) is 4.27. The monoisotopic (exact) mass is 286 g/mol. The minimum Gasteiger partial charge on any atom is -0.319 e. The summed E-state index contributed by atoms with van der Waals surface area (Å²) in [5, 5.41) is 3.28. The molecule has 0 amide bonds. The standard InChI is InChI=1S/C17H22N2S/c1-12-8-13(2)10-14(9-12)15-11-20-16(19-15)17(18)6-4-3-5-7-17/h8-11H,3-7,18H2,1-2H3. The van der Waals surface area contributed by atoms with Gasteiger partial charge in [-0.15, -0.1) is 11.3 Å². The molecular weight excluding hydrogens is 264 g/mol. The van der Waals surface area contributed by atoms with Gasteiger partial charge in [0.2, 0.25) is 0 Å². The van der Waals surface area contributed by atoms with Crippen molar-refractivity contribution in [1.82, 2.24) is 4.98 Å². The van der Waals surface area contributed by atoms with Gasteiger partial charge in [0.1, 0.15) is 5.01 Å². The van der Waals surface area contributed by atoms with Crippen LogP contribution in [0.15, 0.2) is 23.6 Å². The molecule has 3 heteroatoms. The van der Waals surface area contributed by atoms with Crippen molar-refractivity contribution in [2.45, 2.75) is 51.5 Å². The van der Waals surface area contributed by atoms with E-state index in [9.17, 15) is 0 Å². The summed E-state index contributed by atoms with van der Waals surface area (Å²) in [6.07, 6.45) is 5.93. The number of aryl methyl sites for hydroxylation is 2. The van der Waals surface area contributed by atoms with Gasteiger partial charge in [0, 0.05) is 10.9 Å². The molecule has 2 nitrogen and oxygen atoms in total. The highest BCUT2D eigenvalue weighted by atomic mass is 32.1. The second kappa shape index (κ2) is 5.30. The molecule has 2 aromatic rings. The summed E-state index contributed by atoms with van der Waals surface area (Å²) in [7, 11) is 0. The van der Waals surface area contributed by atoms with Crippen molar-refractivity contribution in [1.29, 1.82) is 0 Å². The van der Waals surface area contributed by atoms with E-state index in [0.29, 0.717) is 0 Å². The van der Waals surface area contributed by atoms with Gasteiger partial charge >= 0.3 is 0 Å². The Balaban J connectivity index is 1.93. The Hall–Kier alpha value is -1.19. The van der Waals surface area contributed by atoms with Gasteiger partial charge in [-0.2, -0.15) is 0 Å². The molecule has 1 saturated carbocycles. The zero-order valence-electron chi connectivity index (χ0n) is 12.3. The van der Waals surface area contributed by atoms with Crippen LogP contribution in [-0.4, -0.2) is 4.98 Å². The predicted molar refractivity (Wildman–Crippen MR) is 86.0 cm³/mol. The van der Waals surface area contributed by atoms with Gasteiger partial charge in [-0.3, -0.25) is 0 Å². The summed E-state index contributed by atoms with van der Waals surface area (Å²) in [5.41, 5.74) is 11.3. The van der Waals surface area contributed by atoms with E-state index in [-0.39, 0.29) is 5.54 Å². The Morgan fingerprint density at radius 2 is 1.70 bits per heavy atom. The molecule has 3 rings (SSSR count). The SMILES string of the molecule is Cc1cc(C)cc(-c2csc(C3(N)CCCCC3)n2)c1. The highest BCUT2D eigenvalue weighted by Gasteiger charge is 2.32. The van der Waals surface area contributed by atoms with E-state index >= 15 is 0 Å². The number of hydrogen-bond acceptors (Lipinski definition) is 3. The van der Waals surface area contributed by atoms with E-state index in [2.05, 4.69) is 37.4 Å². The highest BCUT2D eigenvalue weighted by Crippen LogP contribution is 2.37. The van der Waals surface area contributed by atoms with Gasteiger partial charge in [0.25, 0.3) is 0 Å². The first-order valence-corrected chi connectivity index (χ1v) is 8.28. The van der Waals surface area contributed by atoms with Crippen LogP contribution in [0.1, 0.15) is 48.2 Å². The summed E-state index contributed by atoms with van der Waals surface area (Å²) in [4.78, 5) is 4.85. The van der Waals surface area contributed by atoms with Crippen molar-refractivity contribution < 1.29 is 0 Å². The molecule has 1 aliphatic rings. The molecule has 106 valence electrons. The number of hydrogen-bond donors (Lipinski definition) is 1. The van der Waals surface area contributed by atoms with Crippen molar-refractivity contribution >= 4 is 11.3 Å². The number of thiazole rings is 1. The van der Waals surface area contributed by atoms with Crippen molar-refractivity contribution in [3.8, 4) is 11.3 Å². The Morgan fingerprint density at radius 1 is 1.05 bits per heavy atom. The molecule has 2 N–H and O–H groups in total. The Kier molecular flexibility index (Phi) is 3.65. The second-order valence-electron chi connectivity index (χ2n) is 6.13. The predicted octanol–water partition coefficient (Wildman–Crippen LogP) is 4.55. The molecule has 0 saturated heterocycles. The fraction of sp³-hybridized carbons (Fsp3) is 0.471. The molecular formula is C17H22N2S. The zero-order valence-corrected chi connectivity index (χ0v) is 13.1. The van der Waals surface area contributed by atoms with Gasteiger partial charge in [-0.05, 0) is 38.8 Å². The number of aromatic nitrogens is 1. The molecule has 0 bridgehead atoms. The lowest BCUT2D eigenvalue weighted by Crippen LogP contribution is -2.38. The molecule has 1 aromatic heterocycles. The van der Waals surface area contributed by atoms with E-state index < -0.39 is 0 Å². The first-order valence-electron chi connectivity index (χ1n) is 7.40. The lowest BCUT2D eigenvalue weighted by atomic mass is 9.83. The van der Waals surface area contributed by atoms with Crippen LogP contribution in [0.5, 0.6) is 0 Å². The number of nitrogens with two attached hydrogens (primary N) is 1. The first-order chi connectivity index (χ1) is 9.57. The van der Waals surface area contributed by atoms with Crippen molar-refractivity contribution in [2.24, 2.45) is 5.73 Å². The summed E-state index contributed by atoms with van der Waals surface area (Å²) >= 11 is 1.73. The van der Waals surface area contributed by atoms with Crippen LogP contribution in [0.25, 0.3) is 11.3 Å². The average Bonchev–Trinajstić information content (AvgIpc) is 2.89. The van der Waals surface area contributed by atoms with Crippen LogP contribution in [0.3, 0.4) is 0 Å². The van der Waals surface area contributed by atoms with Crippen LogP contribution < -0.4 is 5.73 Å². The third-order valence-corrected chi connectivity index (χ3v) is 5.26. The summed E-state index contributed by atoms with van der Waals surface area (Å²) < 4.78 is 0. The maximum absolute atomic E-state index is 6.58. The molecule has 0 spiro atoms. The second-order valence-corrected chi connectivity index (χ2v) is 6.99. The molecule has 20 heavy (non-hydrogen) atoms. The van der Waals surface area contributed by atoms with Crippen molar-refractivity contribution in [3.63, 3.8) is 0 Å². The zero-order chi connectivity index (χ0) is 14.2. The van der Waals surface area contributed by atoms with E-state index in [4.69, 9.17) is 10.7 Å². The van der Waals surface area contributed by atoms with Crippen LogP contribution in [0, 0.1) is 13.8 Å². The first kappa shape index (κ1) is 13.8. The lowest BCUT2D eigenvalue weighted by Gasteiger charge is -2.31. The van der Waals surface area contributed by atoms with E-state index in [1.54, 1.807) is 11.3 Å². The summed E-state index contributed by atoms with van der Waals surface area (Å²) in [6, 6.07) is 6.61. The van der Waals surface area contributed by atoms with Crippen LogP contribution in [-0.2, 0) is 5.54 Å². The van der Waals surface area contributed by atoms with E-state index in [1.165, 1.54) is 36.0 Å². The Labute approximate surface area is 125 Å². The number of benzene rings is 1. The average molecular weight is 286 g/mol. The van der Waals surface area contributed by atoms with Gasteiger partial charge in [0.15, 0.2) is 0 Å². The van der Waals surface area contributed by atoms with Crippen molar-refractivity contribution in [3.05, 3.63) is 39.7 Å². The highest BCUT2D eigenvalue weighted by molar-refractivity contribution is 7.10. The van der Waals surface area contributed by atoms with Gasteiger partial charge in [0.05, 0.1) is 11.2 Å². The van der Waals surface area contributed by atoms with Crippen LogP contribution in [0.4, 0.5) is 0 Å². The molecule has 0 radical (unpaired) electrons. The minimum absolute atomic E-state index is 0.181. The number of rotatable bonds is 2. The molecule has 0 unspecified atom stereocenters. The minimum atomic E-state index is -0.181. The fourth-order valence-electron chi connectivity index (χ4n) is 3.15. The maximum Gasteiger partial charge on any atom is 0.113 e. The van der Waals surface area contributed by atoms with Gasteiger partial charge in [-0.25, -0.2) is 4.98 Å². The smallest absolute Gasteiger partial charge is 0.113 e. The van der Waals surface area contributed by atoms with E-state index in [0.717, 1.165) is 23.5 Å². The Morgan fingerprint density at radius 3 is 2.35 bits per heavy atom. The maximum atomic E-state index is 6.58. The molecule has 0 atom stereocenters.